The second-order valence-electron chi connectivity index (χ2n) is 4.00. The third kappa shape index (κ3) is 5.83. The lowest BCUT2D eigenvalue weighted by atomic mass is 10.1. The van der Waals surface area contributed by atoms with Crippen LogP contribution < -0.4 is 10.6 Å². The third-order valence-corrected chi connectivity index (χ3v) is 2.36. The van der Waals surface area contributed by atoms with Gasteiger partial charge in [0, 0.05) is 14.2 Å². The Bertz CT molecular complexity index is 266. The van der Waals surface area contributed by atoms with E-state index in [1.54, 1.807) is 0 Å². The highest BCUT2D eigenvalue weighted by atomic mass is 16.7. The number of hydrogen-bond acceptors (Lipinski definition) is 5. The van der Waals surface area contributed by atoms with Gasteiger partial charge in [-0.2, -0.15) is 0 Å². The normalized spacial score (nSPS) is 12.4. The molecule has 0 saturated heterocycles. The molecule has 2 amide bonds. The van der Waals surface area contributed by atoms with Crippen LogP contribution >= 0.6 is 0 Å². The zero-order valence-corrected chi connectivity index (χ0v) is 11.5. The van der Waals surface area contributed by atoms with Crippen molar-refractivity contribution in [3.05, 3.63) is 0 Å². The molecule has 0 heterocycles. The van der Waals surface area contributed by atoms with Gasteiger partial charge in [-0.15, -0.1) is 0 Å². The Morgan fingerprint density at radius 3 is 2.06 bits per heavy atom. The Morgan fingerprint density at radius 2 is 1.67 bits per heavy atom. The molecule has 0 rings (SSSR count). The minimum atomic E-state index is -0.682. The molecule has 7 heteroatoms. The zero-order chi connectivity index (χ0) is 14.1. The molecule has 7 nitrogen and oxygen atoms in total. The number of nitrogens with one attached hydrogen (secondary N) is 2. The first-order valence-electron chi connectivity index (χ1n) is 5.64. The Hall–Kier alpha value is -1.34. The van der Waals surface area contributed by atoms with Crippen LogP contribution in [-0.2, 0) is 19.0 Å². The van der Waals surface area contributed by atoms with Crippen molar-refractivity contribution in [3.63, 3.8) is 0 Å². The lowest BCUT2D eigenvalue weighted by molar-refractivity contribution is -0.144. The van der Waals surface area contributed by atoms with E-state index in [9.17, 15) is 9.59 Å². The number of esters is 1. The van der Waals surface area contributed by atoms with Crippen molar-refractivity contribution in [2.75, 3.05) is 27.9 Å². The van der Waals surface area contributed by atoms with E-state index >= 15 is 0 Å². The van der Waals surface area contributed by atoms with Crippen LogP contribution in [0.5, 0.6) is 0 Å². The molecule has 0 bridgehead atoms. The summed E-state index contributed by atoms with van der Waals surface area (Å²) in [7, 11) is 4.22. The fourth-order valence-corrected chi connectivity index (χ4v) is 1.26. The van der Waals surface area contributed by atoms with Gasteiger partial charge in [-0.3, -0.25) is 0 Å². The molecule has 2 N–H and O–H groups in total. The summed E-state index contributed by atoms with van der Waals surface area (Å²) in [5.74, 6) is -0.543. The van der Waals surface area contributed by atoms with Crippen LogP contribution in [0.3, 0.4) is 0 Å². The van der Waals surface area contributed by atoms with Crippen LogP contribution in [0.2, 0.25) is 0 Å². The minimum absolute atomic E-state index is 0.0659. The van der Waals surface area contributed by atoms with Gasteiger partial charge in [0.15, 0.2) is 6.29 Å². The molecular formula is C11H22N2O5. The van der Waals surface area contributed by atoms with E-state index in [1.165, 1.54) is 21.3 Å². The molecular weight excluding hydrogens is 240 g/mol. The van der Waals surface area contributed by atoms with Crippen LogP contribution in [0, 0.1) is 5.92 Å². The maximum atomic E-state index is 11.6. The molecule has 0 aliphatic carbocycles. The van der Waals surface area contributed by atoms with Gasteiger partial charge in [-0.25, -0.2) is 9.59 Å². The number of urea groups is 1. The first-order valence-corrected chi connectivity index (χ1v) is 5.64. The predicted octanol–water partition coefficient (Wildman–Crippen LogP) is 0.102. The summed E-state index contributed by atoms with van der Waals surface area (Å²) in [6, 6.07) is -1.16. The van der Waals surface area contributed by atoms with Gasteiger partial charge in [0.1, 0.15) is 6.04 Å². The van der Waals surface area contributed by atoms with E-state index < -0.39 is 24.3 Å². The second-order valence-corrected chi connectivity index (χ2v) is 4.00. The minimum Gasteiger partial charge on any atom is -0.467 e. The fraction of sp³-hybridized carbons (Fsp3) is 0.818. The number of ether oxygens (including phenoxy) is 3. The molecule has 0 aliphatic heterocycles. The average molecular weight is 262 g/mol. The average Bonchev–Trinajstić information content (AvgIpc) is 2.35. The summed E-state index contributed by atoms with van der Waals surface area (Å²) >= 11 is 0. The monoisotopic (exact) mass is 262 g/mol. The molecule has 0 fully saturated rings. The maximum absolute atomic E-state index is 11.6. The van der Waals surface area contributed by atoms with Crippen molar-refractivity contribution in [2.24, 2.45) is 5.92 Å². The van der Waals surface area contributed by atoms with Gasteiger partial charge in [0.05, 0.1) is 13.7 Å². The van der Waals surface area contributed by atoms with Crippen LogP contribution in [0.15, 0.2) is 0 Å². The van der Waals surface area contributed by atoms with Gasteiger partial charge in [0.2, 0.25) is 0 Å². The summed E-state index contributed by atoms with van der Waals surface area (Å²) in [6.07, 6.45) is -0.522. The molecule has 0 aromatic heterocycles. The van der Waals surface area contributed by atoms with Gasteiger partial charge >= 0.3 is 12.0 Å². The molecule has 0 saturated carbocycles. The van der Waals surface area contributed by atoms with Crippen molar-refractivity contribution >= 4 is 12.0 Å². The molecule has 106 valence electrons. The SMILES string of the molecule is COC(=O)[C@@H](NC(=O)NCC(OC)OC)C(C)C. The van der Waals surface area contributed by atoms with Crippen LogP contribution in [0.4, 0.5) is 4.79 Å². The van der Waals surface area contributed by atoms with E-state index in [0.717, 1.165) is 0 Å². The van der Waals surface area contributed by atoms with Gasteiger partial charge in [-0.05, 0) is 5.92 Å². The number of methoxy groups -OCH3 is 3. The molecule has 0 spiro atoms. The standard InChI is InChI=1S/C11H22N2O5/c1-7(2)9(10(14)18-5)13-11(15)12-6-8(16-3)17-4/h7-9H,6H2,1-5H3,(H2,12,13,15)/t9-/m0/s1. The van der Waals surface area contributed by atoms with E-state index in [2.05, 4.69) is 15.4 Å². The molecule has 0 aromatic carbocycles. The van der Waals surface area contributed by atoms with Crippen LogP contribution in [0.25, 0.3) is 0 Å². The summed E-state index contributed by atoms with van der Waals surface area (Å²) in [5.41, 5.74) is 0. The van der Waals surface area contributed by atoms with Gasteiger partial charge in [0.25, 0.3) is 0 Å². The summed E-state index contributed by atoms with van der Waals surface area (Å²) in [5, 5.41) is 5.08. The van der Waals surface area contributed by atoms with Gasteiger partial charge < -0.3 is 24.8 Å². The van der Waals surface area contributed by atoms with E-state index in [0.29, 0.717) is 0 Å². The van der Waals surface area contributed by atoms with Crippen molar-refractivity contribution in [3.8, 4) is 0 Å². The van der Waals surface area contributed by atoms with Crippen LogP contribution in [-0.4, -0.2) is 52.2 Å². The Morgan fingerprint density at radius 1 is 1.11 bits per heavy atom. The first kappa shape index (κ1) is 16.7. The highest BCUT2D eigenvalue weighted by Crippen LogP contribution is 2.03. The summed E-state index contributed by atoms with van der Waals surface area (Å²) < 4.78 is 14.4. The second kappa shape index (κ2) is 8.71. The van der Waals surface area contributed by atoms with Crippen molar-refractivity contribution in [1.82, 2.24) is 10.6 Å². The van der Waals surface area contributed by atoms with Gasteiger partial charge in [-0.1, -0.05) is 13.8 Å². The van der Waals surface area contributed by atoms with Crippen molar-refractivity contribution < 1.29 is 23.8 Å². The van der Waals surface area contributed by atoms with E-state index in [-0.39, 0.29) is 12.5 Å². The quantitative estimate of drug-likeness (QED) is 0.502. The topological polar surface area (TPSA) is 85.9 Å². The Balaban J connectivity index is 4.22. The zero-order valence-electron chi connectivity index (χ0n) is 11.5. The maximum Gasteiger partial charge on any atom is 0.328 e. The largest absolute Gasteiger partial charge is 0.467 e. The predicted molar refractivity (Wildman–Crippen MR) is 65.0 cm³/mol. The number of hydrogen-bond donors (Lipinski definition) is 2. The molecule has 0 aliphatic rings. The number of rotatable bonds is 7. The molecule has 1 atom stereocenters. The number of carbonyl (C=O) groups excluding carboxylic acids is 2. The molecule has 0 aromatic rings. The number of amides is 2. The molecule has 0 unspecified atom stereocenters. The lowest BCUT2D eigenvalue weighted by Crippen LogP contribution is -2.50. The summed E-state index contributed by atoms with van der Waals surface area (Å²) in [6.45, 7) is 3.81. The number of carbonyl (C=O) groups is 2. The fourth-order valence-electron chi connectivity index (χ4n) is 1.26. The highest BCUT2D eigenvalue weighted by molar-refractivity contribution is 5.83. The van der Waals surface area contributed by atoms with Crippen molar-refractivity contribution in [1.29, 1.82) is 0 Å². The first-order chi connectivity index (χ1) is 8.46. The van der Waals surface area contributed by atoms with Crippen LogP contribution in [0.1, 0.15) is 13.8 Å². The lowest BCUT2D eigenvalue weighted by Gasteiger charge is -2.21. The molecule has 18 heavy (non-hydrogen) atoms. The Kier molecular flexibility index (Phi) is 8.06. The molecule has 0 radical (unpaired) electrons. The smallest absolute Gasteiger partial charge is 0.328 e. The highest BCUT2D eigenvalue weighted by Gasteiger charge is 2.24. The van der Waals surface area contributed by atoms with E-state index in [1.807, 2.05) is 13.8 Å². The Labute approximate surface area is 107 Å². The van der Waals surface area contributed by atoms with E-state index in [4.69, 9.17) is 9.47 Å². The van der Waals surface area contributed by atoms with Crippen molar-refractivity contribution in [2.45, 2.75) is 26.2 Å². The third-order valence-electron chi connectivity index (χ3n) is 2.36. The summed E-state index contributed by atoms with van der Waals surface area (Å²) in [4.78, 5) is 23.0.